The van der Waals surface area contributed by atoms with Gasteiger partial charge in [0.1, 0.15) is 5.37 Å². The first kappa shape index (κ1) is 15.1. The van der Waals surface area contributed by atoms with Gasteiger partial charge in [-0.1, -0.05) is 54.6 Å². The molecule has 22 heavy (non-hydrogen) atoms. The fourth-order valence-electron chi connectivity index (χ4n) is 2.74. The molecule has 1 heterocycles. The predicted octanol–water partition coefficient (Wildman–Crippen LogP) is 3.30. The van der Waals surface area contributed by atoms with E-state index < -0.39 is 6.10 Å². The molecule has 2 aromatic rings. The standard InChI is InChI=1S/C18H19NO2S/c1-13-7-5-6-10-15(13)18-19(17(21)12-22-18)11-16(20)14-8-3-2-4-9-14/h2-10,16,18,20H,11-12H2,1H3. The summed E-state index contributed by atoms with van der Waals surface area (Å²) in [6.07, 6.45) is -0.657. The highest BCUT2D eigenvalue weighted by molar-refractivity contribution is 8.00. The molecule has 2 atom stereocenters. The number of β-amino-alcohol motifs (C(OH)–C–C–N with tert-alkyl or cyclic N) is 1. The fraction of sp³-hybridized carbons (Fsp3) is 0.278. The number of nitrogens with zero attached hydrogens (tertiary/aromatic N) is 1. The summed E-state index contributed by atoms with van der Waals surface area (Å²) in [7, 11) is 0. The zero-order valence-corrected chi connectivity index (χ0v) is 13.3. The molecule has 1 aliphatic rings. The van der Waals surface area contributed by atoms with E-state index in [9.17, 15) is 9.90 Å². The molecule has 0 radical (unpaired) electrons. The number of hydrogen-bond acceptors (Lipinski definition) is 3. The van der Waals surface area contributed by atoms with Crippen molar-refractivity contribution in [3.63, 3.8) is 0 Å². The van der Waals surface area contributed by atoms with E-state index in [0.717, 1.165) is 11.1 Å². The second kappa shape index (κ2) is 6.55. The van der Waals surface area contributed by atoms with E-state index in [-0.39, 0.29) is 11.3 Å². The molecule has 0 bridgehead atoms. The lowest BCUT2D eigenvalue weighted by molar-refractivity contribution is -0.129. The molecule has 0 saturated carbocycles. The number of amides is 1. The Balaban J connectivity index is 1.81. The van der Waals surface area contributed by atoms with Crippen molar-refractivity contribution >= 4 is 17.7 Å². The van der Waals surface area contributed by atoms with Gasteiger partial charge in [0.25, 0.3) is 0 Å². The summed E-state index contributed by atoms with van der Waals surface area (Å²) in [5.74, 6) is 0.564. The first-order valence-electron chi connectivity index (χ1n) is 7.36. The van der Waals surface area contributed by atoms with Crippen molar-refractivity contribution in [1.82, 2.24) is 4.90 Å². The minimum Gasteiger partial charge on any atom is -0.387 e. The average Bonchev–Trinajstić information content (AvgIpc) is 2.90. The maximum absolute atomic E-state index is 12.2. The molecule has 1 amide bonds. The van der Waals surface area contributed by atoms with E-state index in [2.05, 4.69) is 19.1 Å². The molecule has 3 rings (SSSR count). The lowest BCUT2D eigenvalue weighted by Crippen LogP contribution is -2.32. The summed E-state index contributed by atoms with van der Waals surface area (Å²) in [5.41, 5.74) is 3.17. The van der Waals surface area contributed by atoms with Crippen LogP contribution < -0.4 is 0 Å². The Morgan fingerprint density at radius 2 is 1.86 bits per heavy atom. The number of aliphatic hydroxyl groups is 1. The van der Waals surface area contributed by atoms with Gasteiger partial charge in [0.2, 0.25) is 5.91 Å². The number of thioether (sulfide) groups is 1. The SMILES string of the molecule is Cc1ccccc1C1SCC(=O)N1CC(O)c1ccccc1. The maximum atomic E-state index is 12.2. The Bertz CT molecular complexity index is 659. The number of carbonyl (C=O) groups is 1. The van der Waals surface area contributed by atoms with Crippen molar-refractivity contribution < 1.29 is 9.90 Å². The summed E-state index contributed by atoms with van der Waals surface area (Å²) < 4.78 is 0. The lowest BCUT2D eigenvalue weighted by atomic mass is 10.1. The highest BCUT2D eigenvalue weighted by Crippen LogP contribution is 2.40. The van der Waals surface area contributed by atoms with Crippen LogP contribution in [0.1, 0.15) is 28.2 Å². The monoisotopic (exact) mass is 313 g/mol. The van der Waals surface area contributed by atoms with Crippen molar-refractivity contribution in [3.05, 3.63) is 71.3 Å². The Labute approximate surface area is 135 Å². The van der Waals surface area contributed by atoms with Gasteiger partial charge in [0, 0.05) is 0 Å². The van der Waals surface area contributed by atoms with Crippen LogP contribution in [0.25, 0.3) is 0 Å². The summed E-state index contributed by atoms with van der Waals surface area (Å²) in [5, 5.41) is 10.4. The van der Waals surface area contributed by atoms with Crippen LogP contribution in [0.4, 0.5) is 0 Å². The molecule has 2 unspecified atom stereocenters. The van der Waals surface area contributed by atoms with Gasteiger partial charge in [-0.15, -0.1) is 11.8 Å². The molecule has 2 aromatic carbocycles. The highest BCUT2D eigenvalue weighted by atomic mass is 32.2. The summed E-state index contributed by atoms with van der Waals surface area (Å²) in [4.78, 5) is 14.0. The average molecular weight is 313 g/mol. The molecule has 1 fully saturated rings. The number of rotatable bonds is 4. The van der Waals surface area contributed by atoms with Gasteiger partial charge in [-0.25, -0.2) is 0 Å². The topological polar surface area (TPSA) is 40.5 Å². The quantitative estimate of drug-likeness (QED) is 0.941. The van der Waals surface area contributed by atoms with Crippen molar-refractivity contribution in [2.75, 3.05) is 12.3 Å². The van der Waals surface area contributed by atoms with Gasteiger partial charge in [-0.05, 0) is 23.6 Å². The van der Waals surface area contributed by atoms with Crippen molar-refractivity contribution in [2.24, 2.45) is 0 Å². The summed E-state index contributed by atoms with van der Waals surface area (Å²) >= 11 is 1.63. The van der Waals surface area contributed by atoms with Gasteiger partial charge in [-0.2, -0.15) is 0 Å². The van der Waals surface area contributed by atoms with Crippen LogP contribution in [0.2, 0.25) is 0 Å². The minimum absolute atomic E-state index is 0.00735. The van der Waals surface area contributed by atoms with Crippen LogP contribution in [0.15, 0.2) is 54.6 Å². The third-order valence-electron chi connectivity index (χ3n) is 3.98. The van der Waals surface area contributed by atoms with Gasteiger partial charge in [0.15, 0.2) is 0 Å². The Kier molecular flexibility index (Phi) is 4.50. The largest absolute Gasteiger partial charge is 0.387 e. The molecule has 0 aliphatic carbocycles. The van der Waals surface area contributed by atoms with E-state index in [4.69, 9.17) is 0 Å². The Morgan fingerprint density at radius 1 is 1.18 bits per heavy atom. The molecule has 3 nitrogen and oxygen atoms in total. The van der Waals surface area contributed by atoms with Crippen LogP contribution >= 0.6 is 11.8 Å². The molecule has 1 saturated heterocycles. The number of benzene rings is 2. The van der Waals surface area contributed by atoms with E-state index in [1.54, 1.807) is 16.7 Å². The maximum Gasteiger partial charge on any atom is 0.233 e. The fourth-order valence-corrected chi connectivity index (χ4v) is 4.03. The summed E-state index contributed by atoms with van der Waals surface area (Å²) in [6.45, 7) is 2.39. The number of hydrogen-bond donors (Lipinski definition) is 1. The molecule has 1 N–H and O–H groups in total. The molecule has 114 valence electrons. The third kappa shape index (κ3) is 3.03. The van der Waals surface area contributed by atoms with Crippen LogP contribution in [-0.2, 0) is 4.79 Å². The third-order valence-corrected chi connectivity index (χ3v) is 5.21. The Morgan fingerprint density at radius 3 is 2.59 bits per heavy atom. The second-order valence-corrected chi connectivity index (χ2v) is 6.56. The first-order valence-corrected chi connectivity index (χ1v) is 8.41. The molecule has 0 aromatic heterocycles. The molecule has 4 heteroatoms. The number of carbonyl (C=O) groups excluding carboxylic acids is 1. The van der Waals surface area contributed by atoms with Gasteiger partial charge in [-0.3, -0.25) is 4.79 Å². The van der Waals surface area contributed by atoms with E-state index in [1.807, 2.05) is 42.5 Å². The molecule has 0 spiro atoms. The van der Waals surface area contributed by atoms with Crippen molar-refractivity contribution in [3.8, 4) is 0 Å². The lowest BCUT2D eigenvalue weighted by Gasteiger charge is -2.27. The van der Waals surface area contributed by atoms with Crippen molar-refractivity contribution in [1.29, 1.82) is 0 Å². The molecule has 1 aliphatic heterocycles. The summed E-state index contributed by atoms with van der Waals surface area (Å²) in [6, 6.07) is 17.6. The van der Waals surface area contributed by atoms with Crippen LogP contribution in [0.3, 0.4) is 0 Å². The van der Waals surface area contributed by atoms with Crippen LogP contribution in [0.5, 0.6) is 0 Å². The molecular formula is C18H19NO2S. The van der Waals surface area contributed by atoms with Gasteiger partial charge < -0.3 is 10.0 Å². The predicted molar refractivity (Wildman–Crippen MR) is 89.5 cm³/mol. The van der Waals surface area contributed by atoms with E-state index >= 15 is 0 Å². The van der Waals surface area contributed by atoms with Crippen LogP contribution in [-0.4, -0.2) is 28.2 Å². The Hall–Kier alpha value is -1.78. The number of aryl methyl sites for hydroxylation is 1. The first-order chi connectivity index (χ1) is 10.7. The number of aliphatic hydroxyl groups excluding tert-OH is 1. The van der Waals surface area contributed by atoms with Gasteiger partial charge in [0.05, 0.1) is 18.4 Å². The molecular weight excluding hydrogens is 294 g/mol. The van der Waals surface area contributed by atoms with E-state index in [0.29, 0.717) is 12.3 Å². The van der Waals surface area contributed by atoms with Gasteiger partial charge >= 0.3 is 0 Å². The van der Waals surface area contributed by atoms with Crippen LogP contribution in [0, 0.1) is 6.92 Å². The smallest absolute Gasteiger partial charge is 0.233 e. The minimum atomic E-state index is -0.657. The normalized spacial score (nSPS) is 19.5. The zero-order valence-electron chi connectivity index (χ0n) is 12.5. The highest BCUT2D eigenvalue weighted by Gasteiger charge is 2.34. The zero-order chi connectivity index (χ0) is 15.5. The second-order valence-electron chi connectivity index (χ2n) is 5.49. The van der Waals surface area contributed by atoms with Crippen molar-refractivity contribution in [2.45, 2.75) is 18.4 Å². The van der Waals surface area contributed by atoms with E-state index in [1.165, 1.54) is 5.56 Å².